The summed E-state index contributed by atoms with van der Waals surface area (Å²) in [4.78, 5) is 21.0. The molecule has 0 aromatic carbocycles. The summed E-state index contributed by atoms with van der Waals surface area (Å²) in [5, 5.41) is 0. The standard InChI is InChI=1S/C5H7NO3/c1-3-6(4-7)5(8)9-2/h3-4H,1H2,2H3. The van der Waals surface area contributed by atoms with Crippen molar-refractivity contribution >= 4 is 12.5 Å². The van der Waals surface area contributed by atoms with Gasteiger partial charge in [0.2, 0.25) is 6.41 Å². The van der Waals surface area contributed by atoms with Crippen molar-refractivity contribution in [1.82, 2.24) is 4.90 Å². The maximum absolute atomic E-state index is 10.4. The molecule has 0 saturated carbocycles. The Hall–Kier alpha value is -1.32. The Kier molecular flexibility index (Phi) is 3.12. The quantitative estimate of drug-likeness (QED) is 0.505. The van der Waals surface area contributed by atoms with Crippen molar-refractivity contribution in [3.8, 4) is 0 Å². The molecule has 0 atom stereocenters. The minimum atomic E-state index is -0.736. The average Bonchev–Trinajstić information content (AvgIpc) is 1.90. The van der Waals surface area contributed by atoms with Gasteiger partial charge in [-0.05, 0) is 0 Å². The van der Waals surface area contributed by atoms with Gasteiger partial charge in [0.15, 0.2) is 0 Å². The Labute approximate surface area is 52.7 Å². The van der Waals surface area contributed by atoms with Crippen molar-refractivity contribution < 1.29 is 14.3 Å². The molecule has 0 radical (unpaired) electrons. The maximum atomic E-state index is 10.4. The Balaban J connectivity index is 3.93. The van der Waals surface area contributed by atoms with Gasteiger partial charge in [0.25, 0.3) is 0 Å². The third kappa shape index (κ3) is 1.94. The molecule has 0 fully saturated rings. The molecule has 0 N–H and O–H groups in total. The van der Waals surface area contributed by atoms with Gasteiger partial charge in [-0.1, -0.05) is 6.58 Å². The molecule has 4 nitrogen and oxygen atoms in total. The fraction of sp³-hybridized carbons (Fsp3) is 0.200. The van der Waals surface area contributed by atoms with E-state index in [0.717, 1.165) is 6.20 Å². The van der Waals surface area contributed by atoms with Crippen LogP contribution in [0.5, 0.6) is 0 Å². The first kappa shape index (κ1) is 7.68. The predicted molar refractivity (Wildman–Crippen MR) is 30.5 cm³/mol. The Morgan fingerprint density at radius 1 is 1.78 bits per heavy atom. The number of nitrogens with zero attached hydrogens (tertiary/aromatic N) is 1. The lowest BCUT2D eigenvalue weighted by Crippen LogP contribution is -2.22. The van der Waals surface area contributed by atoms with Crippen molar-refractivity contribution in [2.45, 2.75) is 0 Å². The fourth-order valence-electron chi connectivity index (χ4n) is 0.266. The highest BCUT2D eigenvalue weighted by molar-refractivity contribution is 5.81. The largest absolute Gasteiger partial charge is 0.452 e. The monoisotopic (exact) mass is 129 g/mol. The molecule has 50 valence electrons. The summed E-state index contributed by atoms with van der Waals surface area (Å²) in [6.45, 7) is 3.19. The van der Waals surface area contributed by atoms with Crippen LogP contribution in [-0.4, -0.2) is 24.5 Å². The molecular weight excluding hydrogens is 122 g/mol. The van der Waals surface area contributed by atoms with Crippen molar-refractivity contribution in [2.75, 3.05) is 7.11 Å². The zero-order valence-corrected chi connectivity index (χ0v) is 5.03. The summed E-state index contributed by atoms with van der Waals surface area (Å²) < 4.78 is 4.18. The second-order valence-corrected chi connectivity index (χ2v) is 1.17. The van der Waals surface area contributed by atoms with Crippen LogP contribution >= 0.6 is 0 Å². The molecule has 0 heterocycles. The van der Waals surface area contributed by atoms with Crippen LogP contribution in [-0.2, 0) is 9.53 Å². The number of amides is 2. The van der Waals surface area contributed by atoms with Crippen LogP contribution in [0.2, 0.25) is 0 Å². The van der Waals surface area contributed by atoms with Crippen molar-refractivity contribution in [3.63, 3.8) is 0 Å². The zero-order chi connectivity index (χ0) is 7.28. The van der Waals surface area contributed by atoms with Gasteiger partial charge in [-0.25, -0.2) is 9.69 Å². The predicted octanol–water partition coefficient (Wildman–Crippen LogP) is 0.355. The second-order valence-electron chi connectivity index (χ2n) is 1.17. The zero-order valence-electron chi connectivity index (χ0n) is 5.03. The van der Waals surface area contributed by atoms with E-state index in [-0.39, 0.29) is 0 Å². The van der Waals surface area contributed by atoms with Gasteiger partial charge in [0, 0.05) is 6.20 Å². The average molecular weight is 129 g/mol. The SMILES string of the molecule is C=CN(C=O)C(=O)OC. The van der Waals surface area contributed by atoms with Gasteiger partial charge in [0.05, 0.1) is 7.11 Å². The second kappa shape index (κ2) is 3.65. The summed E-state index contributed by atoms with van der Waals surface area (Å²) in [5.41, 5.74) is 0. The number of ether oxygens (including phenoxy) is 1. The number of methoxy groups -OCH3 is 1. The summed E-state index contributed by atoms with van der Waals surface area (Å²) in [5.74, 6) is 0. The topological polar surface area (TPSA) is 46.6 Å². The molecule has 0 aliphatic carbocycles. The van der Waals surface area contributed by atoms with Crippen LogP contribution in [0.25, 0.3) is 0 Å². The lowest BCUT2D eigenvalue weighted by atomic mass is 10.8. The number of imide groups is 1. The highest BCUT2D eigenvalue weighted by atomic mass is 16.5. The first-order chi connectivity index (χ1) is 4.26. The summed E-state index contributed by atoms with van der Waals surface area (Å²) in [7, 11) is 1.18. The molecule has 0 aliphatic rings. The molecule has 2 amide bonds. The van der Waals surface area contributed by atoms with Gasteiger partial charge < -0.3 is 4.74 Å². The Morgan fingerprint density at radius 2 is 2.33 bits per heavy atom. The lowest BCUT2D eigenvalue weighted by molar-refractivity contribution is -0.114. The maximum Gasteiger partial charge on any atom is 0.420 e. The van der Waals surface area contributed by atoms with Crippen molar-refractivity contribution in [3.05, 3.63) is 12.8 Å². The number of hydrogen-bond acceptors (Lipinski definition) is 3. The minimum absolute atomic E-state index is 0.318. The van der Waals surface area contributed by atoms with Crippen LogP contribution in [0.1, 0.15) is 0 Å². The first-order valence-electron chi connectivity index (χ1n) is 2.20. The number of carbonyl (C=O) groups is 2. The normalized spacial score (nSPS) is 7.67. The van der Waals surface area contributed by atoms with Crippen LogP contribution in [0.3, 0.4) is 0 Å². The van der Waals surface area contributed by atoms with E-state index in [1.165, 1.54) is 7.11 Å². The molecule has 0 aromatic rings. The molecule has 9 heavy (non-hydrogen) atoms. The summed E-state index contributed by atoms with van der Waals surface area (Å²) in [6.07, 6.45) is 0.650. The molecule has 0 bridgehead atoms. The first-order valence-corrected chi connectivity index (χ1v) is 2.20. The minimum Gasteiger partial charge on any atom is -0.452 e. The third-order valence-electron chi connectivity index (χ3n) is 0.696. The Bertz CT molecular complexity index is 124. The molecule has 0 aromatic heterocycles. The van der Waals surface area contributed by atoms with E-state index in [0.29, 0.717) is 11.3 Å². The van der Waals surface area contributed by atoms with E-state index < -0.39 is 6.09 Å². The van der Waals surface area contributed by atoms with Crippen LogP contribution in [0.4, 0.5) is 4.79 Å². The van der Waals surface area contributed by atoms with Gasteiger partial charge >= 0.3 is 6.09 Å². The molecule has 0 unspecified atom stereocenters. The molecule has 4 heteroatoms. The molecular formula is C5H7NO3. The van der Waals surface area contributed by atoms with Gasteiger partial charge in [0.1, 0.15) is 0 Å². The number of rotatable bonds is 2. The highest BCUT2D eigenvalue weighted by Crippen LogP contribution is 1.86. The van der Waals surface area contributed by atoms with E-state index in [9.17, 15) is 9.59 Å². The summed E-state index contributed by atoms with van der Waals surface area (Å²) >= 11 is 0. The summed E-state index contributed by atoms with van der Waals surface area (Å²) in [6, 6.07) is 0. The Morgan fingerprint density at radius 3 is 2.44 bits per heavy atom. The van der Waals surface area contributed by atoms with Crippen LogP contribution in [0.15, 0.2) is 12.8 Å². The molecule has 0 rings (SSSR count). The fourth-order valence-corrected chi connectivity index (χ4v) is 0.266. The van der Waals surface area contributed by atoms with E-state index in [1.807, 2.05) is 0 Å². The van der Waals surface area contributed by atoms with E-state index in [4.69, 9.17) is 0 Å². The van der Waals surface area contributed by atoms with Crippen LogP contribution in [0, 0.1) is 0 Å². The highest BCUT2D eigenvalue weighted by Gasteiger charge is 2.05. The lowest BCUT2D eigenvalue weighted by Gasteiger charge is -2.05. The van der Waals surface area contributed by atoms with Crippen molar-refractivity contribution in [2.24, 2.45) is 0 Å². The van der Waals surface area contributed by atoms with E-state index >= 15 is 0 Å². The van der Waals surface area contributed by atoms with Gasteiger partial charge in [-0.2, -0.15) is 0 Å². The molecule has 0 spiro atoms. The third-order valence-corrected chi connectivity index (χ3v) is 0.696. The van der Waals surface area contributed by atoms with Crippen LogP contribution < -0.4 is 0 Å². The van der Waals surface area contributed by atoms with E-state index in [2.05, 4.69) is 11.3 Å². The van der Waals surface area contributed by atoms with E-state index in [1.54, 1.807) is 0 Å². The number of carbonyl (C=O) groups excluding carboxylic acids is 2. The number of hydrogen-bond donors (Lipinski definition) is 0. The molecule has 0 saturated heterocycles. The smallest absolute Gasteiger partial charge is 0.420 e. The van der Waals surface area contributed by atoms with Gasteiger partial charge in [-0.3, -0.25) is 4.79 Å². The van der Waals surface area contributed by atoms with Gasteiger partial charge in [-0.15, -0.1) is 0 Å². The molecule has 0 aliphatic heterocycles. The van der Waals surface area contributed by atoms with Crippen molar-refractivity contribution in [1.29, 1.82) is 0 Å².